The molecule has 0 aromatic carbocycles. The number of rotatable bonds is 25. The zero-order chi connectivity index (χ0) is 69.7. The highest BCUT2D eigenvalue weighted by atomic mass is 16.7. The van der Waals surface area contributed by atoms with Crippen LogP contribution in [0.2, 0.25) is 0 Å². The Morgan fingerprint density at radius 1 is 0.447 bits per heavy atom. The van der Waals surface area contributed by atoms with Crippen LogP contribution in [0.1, 0.15) is 192 Å². The normalized spacial score (nSPS) is 38.7. The Kier molecular flexibility index (Phi) is 31.3. The Labute approximate surface area is 566 Å². The number of carbonyl (C=O) groups is 1. The summed E-state index contributed by atoms with van der Waals surface area (Å²) in [6.07, 6.45) is 9.11. The van der Waals surface area contributed by atoms with Crippen LogP contribution >= 0.6 is 0 Å². The number of amides is 2. The van der Waals surface area contributed by atoms with Crippen molar-refractivity contribution >= 4 is 6.03 Å². The first-order chi connectivity index (χ1) is 44.1. The molecule has 9 heterocycles. The van der Waals surface area contributed by atoms with Crippen molar-refractivity contribution < 1.29 is 94.8 Å². The molecule has 22 nitrogen and oxygen atoms in total. The van der Waals surface area contributed by atoms with Gasteiger partial charge in [0.05, 0.1) is 169 Å². The van der Waals surface area contributed by atoms with Crippen LogP contribution in [-0.2, 0) is 90.0 Å². The third-order valence-electron chi connectivity index (χ3n) is 18.4. The van der Waals surface area contributed by atoms with Crippen LogP contribution in [0.25, 0.3) is 0 Å². The molecule has 9 aliphatic heterocycles. The van der Waals surface area contributed by atoms with Crippen molar-refractivity contribution in [3.05, 3.63) is 12.2 Å². The average Bonchev–Trinajstić information content (AvgIpc) is 1.64. The SMILES string of the molecule is CC(C)OC[C@@]12C=CCC([C@H](C)O1)[C@H]2OC(C)C.CC(C)OC[C@@]12CCCOC([C@H](C)O1)[C@H]2OC(C)C.CC(C)OC[C@@]12CNC(=O)NC([C@H](C)O1)[C@H]2OC(C)C.CC(C)OC[C@@]12COCC([C@H](C)O1)[C@H]2OC(C)C.CC(C)OC[C@@]12COCOC([C@H](C)O1)[C@H]2OC(C)C. The Morgan fingerprint density at radius 2 is 0.872 bits per heavy atom. The van der Waals surface area contributed by atoms with Gasteiger partial charge in [-0.3, -0.25) is 0 Å². The van der Waals surface area contributed by atoms with Crippen molar-refractivity contribution in [1.29, 1.82) is 0 Å². The molecular weight excluding hydrogens is 1210 g/mol. The van der Waals surface area contributed by atoms with Crippen LogP contribution in [0.5, 0.6) is 0 Å². The van der Waals surface area contributed by atoms with Gasteiger partial charge in [-0.05, 0) is 192 Å². The highest BCUT2D eigenvalue weighted by Crippen LogP contribution is 2.47. The molecule has 20 atom stereocenters. The Bertz CT molecular complexity index is 2180. The van der Waals surface area contributed by atoms with Gasteiger partial charge >= 0.3 is 6.03 Å². The van der Waals surface area contributed by atoms with E-state index in [1.54, 1.807) is 0 Å². The smallest absolute Gasteiger partial charge is 0.315 e. The average molecular weight is 1350 g/mol. The summed E-state index contributed by atoms with van der Waals surface area (Å²) < 4.78 is 113. The van der Waals surface area contributed by atoms with E-state index in [1.165, 1.54) is 0 Å². The molecule has 0 aromatic rings. The number of fused-ring (bicyclic) bond motifs is 10. The predicted octanol–water partition coefficient (Wildman–Crippen LogP) is 10.3. The molecule has 10 rings (SSSR count). The van der Waals surface area contributed by atoms with E-state index in [-0.39, 0.29) is 158 Å². The van der Waals surface area contributed by atoms with E-state index < -0.39 is 16.8 Å². The second-order valence-electron chi connectivity index (χ2n) is 30.5. The predicted molar refractivity (Wildman–Crippen MR) is 358 cm³/mol. The Hall–Kier alpha value is -1.75. The van der Waals surface area contributed by atoms with E-state index in [0.717, 1.165) is 32.5 Å². The summed E-state index contributed by atoms with van der Waals surface area (Å²) in [5, 5.41) is 5.76. The summed E-state index contributed by atoms with van der Waals surface area (Å²) in [5.41, 5.74) is -2.32. The topological polar surface area (TPSA) is 216 Å². The minimum atomic E-state index is -0.627. The largest absolute Gasteiger partial charge is 0.378 e. The molecule has 94 heavy (non-hydrogen) atoms. The number of urea groups is 1. The highest BCUT2D eigenvalue weighted by molar-refractivity contribution is 5.75. The van der Waals surface area contributed by atoms with Gasteiger partial charge in [0.15, 0.2) is 0 Å². The lowest BCUT2D eigenvalue weighted by molar-refractivity contribution is -0.196. The minimum absolute atomic E-state index is 0.0107. The van der Waals surface area contributed by atoms with Gasteiger partial charge in [-0.15, -0.1) is 0 Å². The summed E-state index contributed by atoms with van der Waals surface area (Å²) in [6.45, 7) is 56.8. The highest BCUT2D eigenvalue weighted by Gasteiger charge is 2.62. The van der Waals surface area contributed by atoms with Gasteiger partial charge in [-0.25, -0.2) is 4.79 Å². The van der Waals surface area contributed by atoms with Crippen molar-refractivity contribution in [2.45, 2.75) is 361 Å². The lowest BCUT2D eigenvalue weighted by atomic mass is 9.81. The molecule has 0 spiro atoms. The minimum Gasteiger partial charge on any atom is -0.378 e. The maximum Gasteiger partial charge on any atom is 0.315 e. The first kappa shape index (κ1) is 81.2. The van der Waals surface area contributed by atoms with Gasteiger partial charge in [-0.1, -0.05) is 12.2 Å². The fourth-order valence-electron chi connectivity index (χ4n) is 14.4. The van der Waals surface area contributed by atoms with E-state index in [4.69, 9.17) is 90.0 Å². The lowest BCUT2D eigenvalue weighted by Gasteiger charge is -2.39. The van der Waals surface area contributed by atoms with Crippen LogP contribution in [0, 0.1) is 11.8 Å². The first-order valence-corrected chi connectivity index (χ1v) is 36.0. The second-order valence-corrected chi connectivity index (χ2v) is 30.5. The molecule has 10 bridgehead atoms. The van der Waals surface area contributed by atoms with Crippen molar-refractivity contribution in [2.24, 2.45) is 11.8 Å². The van der Waals surface area contributed by atoms with Crippen molar-refractivity contribution in [1.82, 2.24) is 10.6 Å². The van der Waals surface area contributed by atoms with E-state index in [9.17, 15) is 4.79 Å². The van der Waals surface area contributed by atoms with Gasteiger partial charge in [-0.2, -0.15) is 0 Å². The van der Waals surface area contributed by atoms with E-state index in [0.29, 0.717) is 71.4 Å². The number of ether oxygens (including phenoxy) is 19. The molecule has 2 amide bonds. The summed E-state index contributed by atoms with van der Waals surface area (Å²) >= 11 is 0. The number of carbonyl (C=O) groups excluding carboxylic acids is 1. The molecule has 1 aliphatic carbocycles. The molecule has 5 unspecified atom stereocenters. The molecule has 0 radical (unpaired) electrons. The van der Waals surface area contributed by atoms with Gasteiger partial charge in [0.1, 0.15) is 65.3 Å². The summed E-state index contributed by atoms with van der Waals surface area (Å²) in [4.78, 5) is 11.8. The Balaban J connectivity index is 0.000000186. The maximum atomic E-state index is 11.8. The van der Waals surface area contributed by atoms with Crippen LogP contribution < -0.4 is 10.6 Å². The fraction of sp³-hybridized carbons (Fsp3) is 0.958. The van der Waals surface area contributed by atoms with Gasteiger partial charge in [0.25, 0.3) is 0 Å². The van der Waals surface area contributed by atoms with Crippen LogP contribution in [0.15, 0.2) is 12.2 Å². The van der Waals surface area contributed by atoms with E-state index >= 15 is 0 Å². The zero-order valence-corrected chi connectivity index (χ0v) is 62.7. The van der Waals surface area contributed by atoms with Gasteiger partial charge < -0.3 is 101 Å². The lowest BCUT2D eigenvalue weighted by Crippen LogP contribution is -2.55. The molecule has 9 saturated heterocycles. The summed E-state index contributed by atoms with van der Waals surface area (Å²) in [7, 11) is 0. The van der Waals surface area contributed by atoms with Crippen LogP contribution in [0.4, 0.5) is 4.79 Å². The quantitative estimate of drug-likeness (QED) is 0.0813. The van der Waals surface area contributed by atoms with Crippen LogP contribution in [-0.4, -0.2) is 247 Å². The zero-order valence-electron chi connectivity index (χ0n) is 62.7. The number of nitrogens with one attached hydrogen (secondary N) is 2. The summed E-state index contributed by atoms with van der Waals surface area (Å²) in [6, 6.07) is -0.329. The molecule has 2 N–H and O–H groups in total. The van der Waals surface area contributed by atoms with E-state index in [1.807, 2.05) is 83.1 Å². The standard InChI is InChI=1S/C15H28O4.C15H26O3.C14H26N2O4.C14H26O5.C14H26O4/c1-10(2)17-9-15-7-6-8-16-13(12(5)19-15)14(15)18-11(3)4;1-10(2)16-9-15-8-6-7-13(12(5)18-15)14(15)17-11(3)4;1-8(2)18-7-14-6-15-13(17)16-11(10(5)20-14)12(14)19-9(3)4;1-9(2)16-7-14-6-15-8-17-12(11(5)19-14)13(14)18-10(3)4;1-9(2)16-8-14-7-15-6-12(11(5)18-14)13(14)17-10(3)4/h10-14H,6-9H2,1-5H3;6,8,10-14H,7,9H2,1-5H3;8-12H,6-7H2,1-5H3,(H2,15,16,17);9-13H,6-8H2,1-5H3;9-13H,6-8H2,1-5H3/t2*12-,13?,14+,15+;10-,11?,12+,14+;2*11-,12?,13+,14+/m00000/s1. The number of hydrogen-bond donors (Lipinski definition) is 2. The third-order valence-corrected chi connectivity index (χ3v) is 18.4. The maximum absolute atomic E-state index is 11.8. The van der Waals surface area contributed by atoms with E-state index in [2.05, 4.69) is 113 Å². The summed E-state index contributed by atoms with van der Waals surface area (Å²) in [5.74, 6) is 0.769. The van der Waals surface area contributed by atoms with Crippen molar-refractivity contribution in [2.75, 3.05) is 72.8 Å². The van der Waals surface area contributed by atoms with Gasteiger partial charge in [0, 0.05) is 18.4 Å². The van der Waals surface area contributed by atoms with Gasteiger partial charge in [0.2, 0.25) is 0 Å². The number of hydrogen-bond acceptors (Lipinski definition) is 20. The molecule has 9 fully saturated rings. The van der Waals surface area contributed by atoms with Crippen molar-refractivity contribution in [3.63, 3.8) is 0 Å². The monoisotopic (exact) mass is 1340 g/mol. The molecule has 550 valence electrons. The first-order valence-electron chi connectivity index (χ1n) is 36.0. The van der Waals surface area contributed by atoms with Crippen molar-refractivity contribution in [3.8, 4) is 0 Å². The molecule has 22 heteroatoms. The second kappa shape index (κ2) is 36.2. The van der Waals surface area contributed by atoms with Crippen LogP contribution in [0.3, 0.4) is 0 Å². The third kappa shape index (κ3) is 21.4. The molecular formula is C72H132N2O20. The molecule has 0 aromatic heterocycles. The Morgan fingerprint density at radius 3 is 1.43 bits per heavy atom. The molecule has 10 aliphatic rings. The fourth-order valence-corrected chi connectivity index (χ4v) is 14.4. The number of allylic oxidation sites excluding steroid dienone is 1. The molecule has 0 saturated carbocycles.